The molecule has 6 rings (SSSR count). The van der Waals surface area contributed by atoms with Gasteiger partial charge >= 0.3 is 0 Å². The third-order valence-electron chi connectivity index (χ3n) is 14.9. The summed E-state index contributed by atoms with van der Waals surface area (Å²) < 4.78 is 0. The Kier molecular flexibility index (Phi) is 4.81. The molecule has 0 heterocycles. The summed E-state index contributed by atoms with van der Waals surface area (Å²) in [5.41, 5.74) is 2.24. The van der Waals surface area contributed by atoms with E-state index in [4.69, 9.17) is 0 Å². The van der Waals surface area contributed by atoms with Crippen LogP contribution in [-0.2, 0) is 0 Å². The second kappa shape index (κ2) is 7.01. The predicted molar refractivity (Wildman–Crippen MR) is 163 cm³/mol. The second-order valence-electron chi connectivity index (χ2n) is 15.1. The van der Waals surface area contributed by atoms with E-state index in [2.05, 4.69) is 154 Å². The maximum atomic E-state index is 2.76. The molecule has 0 aromatic rings. The van der Waals surface area contributed by atoms with Crippen LogP contribution in [0.4, 0.5) is 0 Å². The first-order chi connectivity index (χ1) is 17.2. The topological polar surface area (TPSA) is 0 Å². The molecule has 6 aliphatic carbocycles. The lowest BCUT2D eigenvalue weighted by atomic mass is 9.23. The first-order valence-corrected chi connectivity index (χ1v) is 17.7. The van der Waals surface area contributed by atoms with Crippen LogP contribution >= 0.6 is 0 Å². The van der Waals surface area contributed by atoms with Crippen molar-refractivity contribution in [2.45, 2.75) is 80.4 Å². The third-order valence-corrected chi connectivity index (χ3v) is 19.4. The molecule has 0 nitrogen and oxygen atoms in total. The maximum absolute atomic E-state index is 2.76. The van der Waals surface area contributed by atoms with Crippen LogP contribution in [0.3, 0.4) is 0 Å². The molecule has 0 saturated heterocycles. The molecule has 0 N–H and O–H groups in total. The first-order valence-electron chi connectivity index (χ1n) is 14.6. The zero-order valence-electron chi connectivity index (χ0n) is 24.9. The van der Waals surface area contributed by atoms with E-state index >= 15 is 0 Å². The Labute approximate surface area is 227 Å². The average Bonchev–Trinajstić information content (AvgIpc) is 3.45. The number of hydrogen-bond donors (Lipinski definition) is 0. The fourth-order valence-corrected chi connectivity index (χ4v) is 17.0. The van der Waals surface area contributed by atoms with Gasteiger partial charge < -0.3 is 0 Å². The van der Waals surface area contributed by atoms with Crippen LogP contribution in [0.15, 0.2) is 95.8 Å². The fourth-order valence-electron chi connectivity index (χ4n) is 12.1. The lowest BCUT2D eigenvalue weighted by molar-refractivity contribution is -0.263. The van der Waals surface area contributed by atoms with E-state index in [1.54, 1.807) is 10.8 Å². The number of hydrogen-bond acceptors (Lipinski definition) is 0. The van der Waals surface area contributed by atoms with Crippen LogP contribution in [0.5, 0.6) is 0 Å². The molecule has 0 radical (unpaired) electrons. The molecule has 9 atom stereocenters. The Hall–Kier alpha value is -1.86. The Bertz CT molecular complexity index is 1310. The van der Waals surface area contributed by atoms with Gasteiger partial charge in [-0.25, -0.2) is 0 Å². The van der Waals surface area contributed by atoms with Crippen molar-refractivity contribution in [3.63, 3.8) is 0 Å². The van der Waals surface area contributed by atoms with Gasteiger partial charge in [-0.3, -0.25) is 0 Å². The summed E-state index contributed by atoms with van der Waals surface area (Å²) in [5.74, 6) is 0.523. The van der Waals surface area contributed by atoms with Gasteiger partial charge in [-0.2, -0.15) is 0 Å². The first kappa shape index (κ1) is 25.4. The fraction of sp³-hybridized carbons (Fsp3) is 0.556. The largest absolute Gasteiger partial charge is 0.0809 e. The van der Waals surface area contributed by atoms with Gasteiger partial charge in [0.05, 0.1) is 8.07 Å². The highest BCUT2D eigenvalue weighted by Gasteiger charge is 2.87. The van der Waals surface area contributed by atoms with Gasteiger partial charge in [-0.1, -0.05) is 157 Å². The molecule has 0 aliphatic heterocycles. The van der Waals surface area contributed by atoms with Gasteiger partial charge in [-0.15, -0.1) is 0 Å². The summed E-state index contributed by atoms with van der Waals surface area (Å²) in [4.78, 5) is 0. The van der Waals surface area contributed by atoms with Crippen LogP contribution in [0.2, 0.25) is 18.6 Å². The molecular formula is C36H48Si. The van der Waals surface area contributed by atoms with Gasteiger partial charge in [0.25, 0.3) is 0 Å². The van der Waals surface area contributed by atoms with Gasteiger partial charge in [0.1, 0.15) is 0 Å². The van der Waals surface area contributed by atoms with E-state index in [1.807, 2.05) is 0 Å². The molecule has 9 unspecified atom stereocenters. The molecule has 196 valence electrons. The molecule has 0 amide bonds. The molecule has 37 heavy (non-hydrogen) atoms. The van der Waals surface area contributed by atoms with E-state index < -0.39 is 8.07 Å². The molecule has 0 spiro atoms. The van der Waals surface area contributed by atoms with E-state index in [0.717, 1.165) is 6.42 Å². The quantitative estimate of drug-likeness (QED) is 0.325. The van der Waals surface area contributed by atoms with E-state index in [1.165, 1.54) is 0 Å². The third kappa shape index (κ3) is 2.22. The van der Waals surface area contributed by atoms with Crippen molar-refractivity contribution in [3.05, 3.63) is 95.8 Å². The molecule has 2 fully saturated rings. The molecule has 1 heteroatoms. The van der Waals surface area contributed by atoms with Gasteiger partial charge in [0.2, 0.25) is 0 Å². The minimum Gasteiger partial charge on any atom is -0.0809 e. The molecule has 6 aliphatic rings. The summed E-state index contributed by atoms with van der Waals surface area (Å²) in [6.07, 6.45) is 35.8. The average molecular weight is 509 g/mol. The monoisotopic (exact) mass is 508 g/mol. The van der Waals surface area contributed by atoms with Gasteiger partial charge in [0, 0.05) is 27.1 Å². The van der Waals surface area contributed by atoms with Crippen molar-refractivity contribution in [1.29, 1.82) is 0 Å². The Morgan fingerprint density at radius 1 is 0.676 bits per heavy atom. The predicted octanol–water partition coefficient (Wildman–Crippen LogP) is 9.95. The highest BCUT2D eigenvalue weighted by Crippen LogP contribution is 2.92. The highest BCUT2D eigenvalue weighted by atomic mass is 28.3. The Balaban J connectivity index is 1.80. The standard InChI is InChI=1S/C36H48Si/c1-26-18-17-21-28-29(37(9,10)27-19-11-12-20-27)35(7)32(4)24-15-13-22-30(32,2)31(3)23-14-16-25-33(31,5)36(35,8)34(26,28)6/h11-19,21-25,28-29H,20H2,1-10H3. The number of fused-ring (bicyclic) bond motifs is 8. The summed E-state index contributed by atoms with van der Waals surface area (Å²) in [5, 5.41) is 1.74. The van der Waals surface area contributed by atoms with E-state index in [0.29, 0.717) is 11.5 Å². The van der Waals surface area contributed by atoms with Crippen LogP contribution < -0.4 is 0 Å². The Morgan fingerprint density at radius 3 is 1.78 bits per heavy atom. The van der Waals surface area contributed by atoms with E-state index in [9.17, 15) is 0 Å². The van der Waals surface area contributed by atoms with Gasteiger partial charge in [0.15, 0.2) is 0 Å². The maximum Gasteiger partial charge on any atom is 0.0801 e. The Morgan fingerprint density at radius 2 is 1.22 bits per heavy atom. The van der Waals surface area contributed by atoms with Gasteiger partial charge in [-0.05, 0) is 35.6 Å². The van der Waals surface area contributed by atoms with Crippen molar-refractivity contribution in [2.75, 3.05) is 0 Å². The van der Waals surface area contributed by atoms with Crippen LogP contribution in [0.1, 0.15) is 61.8 Å². The van der Waals surface area contributed by atoms with E-state index in [-0.39, 0.29) is 37.9 Å². The lowest BCUT2D eigenvalue weighted by Crippen LogP contribution is -2.76. The normalized spacial score (nSPS) is 52.9. The summed E-state index contributed by atoms with van der Waals surface area (Å²) in [6, 6.07) is 0. The summed E-state index contributed by atoms with van der Waals surface area (Å²) in [6.45, 7) is 26.5. The second-order valence-corrected chi connectivity index (χ2v) is 19.8. The summed E-state index contributed by atoms with van der Waals surface area (Å²) >= 11 is 0. The minimum atomic E-state index is -1.90. The van der Waals surface area contributed by atoms with Crippen LogP contribution in [-0.4, -0.2) is 8.07 Å². The van der Waals surface area contributed by atoms with Crippen molar-refractivity contribution < 1.29 is 0 Å². The smallest absolute Gasteiger partial charge is 0.0801 e. The number of allylic oxidation sites excluding steroid dienone is 16. The molecule has 0 bridgehead atoms. The van der Waals surface area contributed by atoms with Crippen LogP contribution in [0.25, 0.3) is 0 Å². The molecular weight excluding hydrogens is 460 g/mol. The molecule has 2 saturated carbocycles. The van der Waals surface area contributed by atoms with Crippen molar-refractivity contribution in [3.8, 4) is 0 Å². The highest BCUT2D eigenvalue weighted by molar-refractivity contribution is 6.86. The molecule has 0 aromatic heterocycles. The van der Waals surface area contributed by atoms with Crippen molar-refractivity contribution >= 4 is 8.07 Å². The summed E-state index contributed by atoms with van der Waals surface area (Å²) in [7, 11) is -1.90. The number of rotatable bonds is 2. The van der Waals surface area contributed by atoms with Crippen molar-refractivity contribution in [1.82, 2.24) is 0 Å². The molecule has 0 aromatic carbocycles. The lowest BCUT2D eigenvalue weighted by Gasteiger charge is -2.80. The SMILES string of the molecule is CC1=CC=CC2C([Si](C)(C)C3=CC=CC3)C3(C)C4(C)C=CC=CC4(C)C4(C)C=CC=CC4(C)C3(C)C12C. The minimum absolute atomic E-state index is 0.0106. The van der Waals surface area contributed by atoms with Crippen LogP contribution in [0, 0.1) is 43.8 Å². The zero-order chi connectivity index (χ0) is 26.9. The van der Waals surface area contributed by atoms with Crippen molar-refractivity contribution in [2.24, 2.45) is 43.8 Å². The zero-order valence-corrected chi connectivity index (χ0v) is 25.9.